The van der Waals surface area contributed by atoms with Gasteiger partial charge in [-0.3, -0.25) is 4.79 Å². The number of thioether (sulfide) groups is 1. The van der Waals surface area contributed by atoms with Crippen LogP contribution >= 0.6 is 11.8 Å². The van der Waals surface area contributed by atoms with E-state index in [0.29, 0.717) is 24.7 Å². The summed E-state index contributed by atoms with van der Waals surface area (Å²) in [5, 5.41) is 2.38. The van der Waals surface area contributed by atoms with Crippen molar-refractivity contribution in [2.24, 2.45) is 0 Å². The van der Waals surface area contributed by atoms with Gasteiger partial charge < -0.3 is 4.90 Å². The van der Waals surface area contributed by atoms with Gasteiger partial charge in [-0.2, -0.15) is 4.31 Å². The Morgan fingerprint density at radius 3 is 2.50 bits per heavy atom. The third kappa shape index (κ3) is 4.53. The number of carbonyl (C=O) groups is 1. The molecule has 0 spiro atoms. The van der Waals surface area contributed by atoms with Gasteiger partial charge in [-0.25, -0.2) is 13.4 Å². The van der Waals surface area contributed by atoms with Gasteiger partial charge in [-0.1, -0.05) is 48.2 Å². The minimum Gasteiger partial charge on any atom is -0.311 e. The lowest BCUT2D eigenvalue weighted by molar-refractivity contribution is -0.117. The minimum absolute atomic E-state index is 0.00980. The van der Waals surface area contributed by atoms with E-state index >= 15 is 0 Å². The highest BCUT2D eigenvalue weighted by molar-refractivity contribution is 8.00. The van der Waals surface area contributed by atoms with E-state index in [0.717, 1.165) is 29.3 Å². The minimum atomic E-state index is -3.49. The molecule has 0 saturated carbocycles. The Labute approximate surface area is 193 Å². The molecule has 1 aliphatic heterocycles. The molecule has 4 rings (SSSR count). The zero-order valence-corrected chi connectivity index (χ0v) is 19.9. The number of hydrogen-bond donors (Lipinski definition) is 0. The molecule has 2 aromatic carbocycles. The third-order valence-electron chi connectivity index (χ3n) is 5.70. The molecule has 1 aromatic heterocycles. The molecule has 1 atom stereocenters. The van der Waals surface area contributed by atoms with Gasteiger partial charge in [0.05, 0.1) is 16.0 Å². The van der Waals surface area contributed by atoms with E-state index in [1.54, 1.807) is 17.0 Å². The molecular weight excluding hydrogens is 442 g/mol. The van der Waals surface area contributed by atoms with Gasteiger partial charge in [0.2, 0.25) is 15.9 Å². The van der Waals surface area contributed by atoms with Crippen LogP contribution in [0, 0.1) is 0 Å². The lowest BCUT2D eigenvalue weighted by Crippen LogP contribution is -2.36. The first kappa shape index (κ1) is 22.8. The summed E-state index contributed by atoms with van der Waals surface area (Å²) in [7, 11) is -3.49. The number of aromatic nitrogens is 1. The first-order valence-electron chi connectivity index (χ1n) is 10.8. The smallest absolute Gasteiger partial charge is 0.244 e. The van der Waals surface area contributed by atoms with Gasteiger partial charge in [0.25, 0.3) is 0 Å². The van der Waals surface area contributed by atoms with Gasteiger partial charge in [0.15, 0.2) is 0 Å². The SMILES string of the molecule is CCN(C(=O)C(C)Sc1ccc(S(=O)(=O)N2CCCC2)cn1)c1cccc2ccccc12. The summed E-state index contributed by atoms with van der Waals surface area (Å²) in [5.41, 5.74) is 0.892. The van der Waals surface area contributed by atoms with Crippen LogP contribution in [0.5, 0.6) is 0 Å². The van der Waals surface area contributed by atoms with Crippen LogP contribution in [-0.2, 0) is 14.8 Å². The Morgan fingerprint density at radius 1 is 1.09 bits per heavy atom. The average molecular weight is 470 g/mol. The molecule has 0 bridgehead atoms. The van der Waals surface area contributed by atoms with Gasteiger partial charge in [-0.05, 0) is 50.3 Å². The first-order chi connectivity index (χ1) is 15.4. The molecule has 6 nitrogen and oxygen atoms in total. The number of pyridine rings is 1. The van der Waals surface area contributed by atoms with Crippen LogP contribution in [0.4, 0.5) is 5.69 Å². The largest absolute Gasteiger partial charge is 0.311 e. The van der Waals surface area contributed by atoms with Gasteiger partial charge >= 0.3 is 0 Å². The van der Waals surface area contributed by atoms with Crippen molar-refractivity contribution in [2.75, 3.05) is 24.5 Å². The molecule has 0 radical (unpaired) electrons. The fraction of sp³-hybridized carbons (Fsp3) is 0.333. The first-order valence-corrected chi connectivity index (χ1v) is 13.2. The molecule has 1 amide bonds. The van der Waals surface area contributed by atoms with Crippen molar-refractivity contribution >= 4 is 44.2 Å². The Hall–Kier alpha value is -2.42. The van der Waals surface area contributed by atoms with Crippen molar-refractivity contribution in [3.8, 4) is 0 Å². The molecule has 0 aliphatic carbocycles. The topological polar surface area (TPSA) is 70.6 Å². The lowest BCUT2D eigenvalue weighted by atomic mass is 10.1. The summed E-state index contributed by atoms with van der Waals surface area (Å²) in [6.07, 6.45) is 3.19. The van der Waals surface area contributed by atoms with Crippen LogP contribution < -0.4 is 4.90 Å². The number of fused-ring (bicyclic) bond motifs is 1. The van der Waals surface area contributed by atoms with Crippen LogP contribution in [0.1, 0.15) is 26.7 Å². The van der Waals surface area contributed by atoms with Crippen molar-refractivity contribution in [3.63, 3.8) is 0 Å². The number of sulfonamides is 1. The second-order valence-electron chi connectivity index (χ2n) is 7.78. The van der Waals surface area contributed by atoms with E-state index in [2.05, 4.69) is 4.98 Å². The summed E-state index contributed by atoms with van der Waals surface area (Å²) >= 11 is 1.34. The summed E-state index contributed by atoms with van der Waals surface area (Å²) in [5.74, 6) is -0.00980. The van der Waals surface area contributed by atoms with Crippen molar-refractivity contribution in [1.29, 1.82) is 0 Å². The Bertz CT molecular complexity index is 1200. The van der Waals surface area contributed by atoms with E-state index < -0.39 is 10.0 Å². The number of carbonyl (C=O) groups excluding carboxylic acids is 1. The van der Waals surface area contributed by atoms with E-state index in [4.69, 9.17) is 0 Å². The van der Waals surface area contributed by atoms with E-state index in [1.807, 2.05) is 56.3 Å². The Kier molecular flexibility index (Phi) is 6.83. The van der Waals surface area contributed by atoms with Crippen LogP contribution in [0.2, 0.25) is 0 Å². The van der Waals surface area contributed by atoms with Gasteiger partial charge in [0.1, 0.15) is 4.90 Å². The van der Waals surface area contributed by atoms with Crippen LogP contribution in [-0.4, -0.2) is 48.5 Å². The summed E-state index contributed by atoms with van der Waals surface area (Å²) < 4.78 is 26.9. The maximum atomic E-state index is 13.3. The fourth-order valence-corrected chi connectivity index (χ4v) is 6.32. The molecule has 2 heterocycles. The molecule has 1 fully saturated rings. The molecule has 3 aromatic rings. The average Bonchev–Trinajstić information content (AvgIpc) is 3.36. The van der Waals surface area contributed by atoms with E-state index in [-0.39, 0.29) is 16.1 Å². The van der Waals surface area contributed by atoms with Crippen molar-refractivity contribution in [1.82, 2.24) is 9.29 Å². The molecule has 1 unspecified atom stereocenters. The molecule has 1 saturated heterocycles. The summed E-state index contributed by atoms with van der Waals surface area (Å²) in [4.78, 5) is 19.6. The molecule has 0 N–H and O–H groups in total. The second kappa shape index (κ2) is 9.60. The van der Waals surface area contributed by atoms with E-state index in [1.165, 1.54) is 22.3 Å². The van der Waals surface area contributed by atoms with E-state index in [9.17, 15) is 13.2 Å². The van der Waals surface area contributed by atoms with Crippen molar-refractivity contribution in [3.05, 3.63) is 60.8 Å². The van der Waals surface area contributed by atoms with Crippen LogP contribution in [0.3, 0.4) is 0 Å². The summed E-state index contributed by atoms with van der Waals surface area (Å²) in [6.45, 7) is 5.50. The highest BCUT2D eigenvalue weighted by Gasteiger charge is 2.28. The maximum Gasteiger partial charge on any atom is 0.244 e. The Morgan fingerprint density at radius 2 is 1.81 bits per heavy atom. The number of anilines is 1. The number of rotatable bonds is 7. The summed E-state index contributed by atoms with van der Waals surface area (Å²) in [6, 6.07) is 17.3. The molecular formula is C24H27N3O3S2. The number of amides is 1. The maximum absolute atomic E-state index is 13.3. The predicted molar refractivity (Wildman–Crippen MR) is 130 cm³/mol. The number of nitrogens with zero attached hydrogens (tertiary/aromatic N) is 3. The monoisotopic (exact) mass is 469 g/mol. The molecule has 1 aliphatic rings. The predicted octanol–water partition coefficient (Wildman–Crippen LogP) is 4.55. The highest BCUT2D eigenvalue weighted by Crippen LogP contribution is 2.30. The number of benzene rings is 2. The standard InChI is InChI=1S/C24H27N3O3S2/c1-3-27(22-12-8-10-19-9-4-5-11-21(19)22)24(28)18(2)31-23-14-13-20(17-25-23)32(29,30)26-15-6-7-16-26/h4-5,8-14,17-18H,3,6-7,15-16H2,1-2H3. The number of hydrogen-bond acceptors (Lipinski definition) is 5. The van der Waals surface area contributed by atoms with Crippen LogP contribution in [0.15, 0.2) is 70.7 Å². The van der Waals surface area contributed by atoms with Gasteiger partial charge in [-0.15, -0.1) is 0 Å². The highest BCUT2D eigenvalue weighted by atomic mass is 32.2. The molecule has 168 valence electrons. The normalized spacial score (nSPS) is 15.7. The Balaban J connectivity index is 1.50. The quantitative estimate of drug-likeness (QED) is 0.475. The van der Waals surface area contributed by atoms with Crippen molar-refractivity contribution in [2.45, 2.75) is 41.9 Å². The fourth-order valence-electron chi connectivity index (χ4n) is 4.01. The zero-order valence-electron chi connectivity index (χ0n) is 18.3. The second-order valence-corrected chi connectivity index (χ2v) is 11.1. The van der Waals surface area contributed by atoms with Crippen molar-refractivity contribution < 1.29 is 13.2 Å². The zero-order chi connectivity index (χ0) is 22.7. The lowest BCUT2D eigenvalue weighted by Gasteiger charge is -2.25. The molecule has 32 heavy (non-hydrogen) atoms. The third-order valence-corrected chi connectivity index (χ3v) is 8.62. The van der Waals surface area contributed by atoms with Crippen LogP contribution in [0.25, 0.3) is 10.8 Å². The van der Waals surface area contributed by atoms with Gasteiger partial charge in [0, 0.05) is 31.2 Å². The molecule has 8 heteroatoms.